The number of methoxy groups -OCH3 is 1. The van der Waals surface area contributed by atoms with E-state index in [0.29, 0.717) is 16.4 Å². The van der Waals surface area contributed by atoms with Crippen molar-refractivity contribution < 1.29 is 14.3 Å². The van der Waals surface area contributed by atoms with Crippen molar-refractivity contribution in [3.05, 3.63) is 82.4 Å². The van der Waals surface area contributed by atoms with Gasteiger partial charge in [-0.05, 0) is 17.5 Å². The maximum absolute atomic E-state index is 12.7. The standard InChI is InChI=1S/C22H20N2O3S/c1-27-22(26)19-18(16-10-6-3-7-11-16)17(14-23)21(24-20(19)25)28-13-12-15-8-4-2-5-9-15/h2-11,18-19H,12-13H2,1H3,(H,24,25)/t18-,19-/m0/s1. The van der Waals surface area contributed by atoms with Gasteiger partial charge in [0.05, 0.1) is 23.8 Å². The second kappa shape index (κ2) is 9.25. The molecule has 2 aromatic carbocycles. The first-order valence-corrected chi connectivity index (χ1v) is 9.89. The normalized spacial score (nSPS) is 18.9. The number of nitrogens with one attached hydrogen (secondary N) is 1. The fourth-order valence-electron chi connectivity index (χ4n) is 3.26. The van der Waals surface area contributed by atoms with Crippen LogP contribution >= 0.6 is 11.8 Å². The zero-order chi connectivity index (χ0) is 19.9. The highest BCUT2D eigenvalue weighted by Gasteiger charge is 2.44. The van der Waals surface area contributed by atoms with E-state index >= 15 is 0 Å². The van der Waals surface area contributed by atoms with Crippen molar-refractivity contribution in [3.8, 4) is 6.07 Å². The smallest absolute Gasteiger partial charge is 0.319 e. The zero-order valence-electron chi connectivity index (χ0n) is 15.4. The van der Waals surface area contributed by atoms with Gasteiger partial charge in [0.15, 0.2) is 0 Å². The van der Waals surface area contributed by atoms with Crippen molar-refractivity contribution in [2.45, 2.75) is 12.3 Å². The third-order valence-electron chi connectivity index (χ3n) is 4.62. The molecule has 1 heterocycles. The van der Waals surface area contributed by atoms with Crippen LogP contribution in [0.1, 0.15) is 17.0 Å². The SMILES string of the molecule is COC(=O)[C@@H]1C(=O)NC(SCCc2ccccc2)=C(C#N)[C@@H]1c1ccccc1. The zero-order valence-corrected chi connectivity index (χ0v) is 16.2. The van der Waals surface area contributed by atoms with Crippen LogP contribution in [0.5, 0.6) is 0 Å². The lowest BCUT2D eigenvalue weighted by Crippen LogP contribution is -2.44. The van der Waals surface area contributed by atoms with Gasteiger partial charge in [-0.15, -0.1) is 11.8 Å². The number of thioether (sulfide) groups is 1. The van der Waals surface area contributed by atoms with E-state index in [1.54, 1.807) is 0 Å². The Bertz CT molecular complexity index is 920. The van der Waals surface area contributed by atoms with Crippen LogP contribution in [0, 0.1) is 17.2 Å². The maximum atomic E-state index is 12.7. The van der Waals surface area contributed by atoms with Crippen LogP contribution in [0.25, 0.3) is 0 Å². The molecule has 0 unspecified atom stereocenters. The Morgan fingerprint density at radius 1 is 1.14 bits per heavy atom. The van der Waals surface area contributed by atoms with E-state index in [4.69, 9.17) is 4.74 Å². The van der Waals surface area contributed by atoms with E-state index < -0.39 is 23.7 Å². The highest BCUT2D eigenvalue weighted by molar-refractivity contribution is 8.03. The second-order valence-corrected chi connectivity index (χ2v) is 7.42. The molecule has 142 valence electrons. The fraction of sp³-hybridized carbons (Fsp3) is 0.227. The molecule has 0 saturated carbocycles. The van der Waals surface area contributed by atoms with Crippen molar-refractivity contribution >= 4 is 23.6 Å². The molecule has 6 heteroatoms. The van der Waals surface area contributed by atoms with Crippen molar-refractivity contribution in [2.75, 3.05) is 12.9 Å². The summed E-state index contributed by atoms with van der Waals surface area (Å²) in [6.07, 6.45) is 0.806. The minimum absolute atomic E-state index is 0.388. The summed E-state index contributed by atoms with van der Waals surface area (Å²) in [4.78, 5) is 25.0. The largest absolute Gasteiger partial charge is 0.468 e. The Morgan fingerprint density at radius 2 is 1.79 bits per heavy atom. The Balaban J connectivity index is 1.91. The van der Waals surface area contributed by atoms with Crippen LogP contribution in [0.2, 0.25) is 0 Å². The summed E-state index contributed by atoms with van der Waals surface area (Å²) >= 11 is 1.42. The average molecular weight is 392 g/mol. The number of benzene rings is 2. The molecule has 0 aliphatic carbocycles. The molecule has 1 N–H and O–H groups in total. The molecule has 1 aliphatic heterocycles. The van der Waals surface area contributed by atoms with Gasteiger partial charge in [0.1, 0.15) is 5.92 Å². The van der Waals surface area contributed by atoms with Crippen LogP contribution in [0.3, 0.4) is 0 Å². The van der Waals surface area contributed by atoms with Crippen LogP contribution < -0.4 is 5.32 Å². The van der Waals surface area contributed by atoms with Gasteiger partial charge >= 0.3 is 5.97 Å². The van der Waals surface area contributed by atoms with E-state index in [-0.39, 0.29) is 0 Å². The first-order valence-electron chi connectivity index (χ1n) is 8.90. The lowest BCUT2D eigenvalue weighted by molar-refractivity contribution is -0.150. The summed E-state index contributed by atoms with van der Waals surface area (Å²) in [7, 11) is 1.25. The van der Waals surface area contributed by atoms with Crippen LogP contribution in [0.4, 0.5) is 0 Å². The minimum Gasteiger partial charge on any atom is -0.468 e. The third-order valence-corrected chi connectivity index (χ3v) is 5.64. The number of carbonyl (C=O) groups excluding carboxylic acids is 2. The van der Waals surface area contributed by atoms with Crippen LogP contribution in [-0.4, -0.2) is 24.7 Å². The first kappa shape index (κ1) is 19.7. The molecule has 0 radical (unpaired) electrons. The van der Waals surface area contributed by atoms with Gasteiger partial charge in [0, 0.05) is 11.7 Å². The Morgan fingerprint density at radius 3 is 2.39 bits per heavy atom. The number of hydrogen-bond donors (Lipinski definition) is 1. The number of rotatable bonds is 6. The predicted molar refractivity (Wildman–Crippen MR) is 108 cm³/mol. The number of ether oxygens (including phenoxy) is 1. The van der Waals surface area contributed by atoms with Gasteiger partial charge in [0.2, 0.25) is 5.91 Å². The van der Waals surface area contributed by atoms with Crippen LogP contribution in [-0.2, 0) is 20.7 Å². The summed E-state index contributed by atoms with van der Waals surface area (Å²) in [6.45, 7) is 0. The molecule has 28 heavy (non-hydrogen) atoms. The summed E-state index contributed by atoms with van der Waals surface area (Å²) in [5.41, 5.74) is 2.31. The third kappa shape index (κ3) is 4.26. The second-order valence-electron chi connectivity index (χ2n) is 6.32. The number of carbonyl (C=O) groups is 2. The van der Waals surface area contributed by atoms with E-state index in [0.717, 1.165) is 12.0 Å². The van der Waals surface area contributed by atoms with Crippen molar-refractivity contribution in [1.29, 1.82) is 5.26 Å². The molecular formula is C22H20N2O3S. The number of nitrogens with zero attached hydrogens (tertiary/aromatic N) is 1. The van der Waals surface area contributed by atoms with Gasteiger partial charge in [-0.2, -0.15) is 5.26 Å². The highest BCUT2D eigenvalue weighted by Crippen LogP contribution is 2.40. The summed E-state index contributed by atoms with van der Waals surface area (Å²) in [6, 6.07) is 21.4. The monoisotopic (exact) mass is 392 g/mol. The predicted octanol–water partition coefficient (Wildman–Crippen LogP) is 3.40. The van der Waals surface area contributed by atoms with Crippen LogP contribution in [0.15, 0.2) is 71.3 Å². The molecule has 1 amide bonds. The molecule has 0 spiro atoms. The molecule has 0 bridgehead atoms. The molecule has 0 aromatic heterocycles. The maximum Gasteiger partial charge on any atom is 0.319 e. The quantitative estimate of drug-likeness (QED) is 0.602. The molecule has 5 nitrogen and oxygen atoms in total. The van der Waals surface area contributed by atoms with Crippen molar-refractivity contribution in [3.63, 3.8) is 0 Å². The van der Waals surface area contributed by atoms with E-state index in [1.807, 2.05) is 60.7 Å². The van der Waals surface area contributed by atoms with Crippen molar-refractivity contribution in [1.82, 2.24) is 5.32 Å². The Labute approximate surface area is 168 Å². The number of nitriles is 1. The fourth-order valence-corrected chi connectivity index (χ4v) is 4.30. The lowest BCUT2D eigenvalue weighted by atomic mass is 9.78. The summed E-state index contributed by atoms with van der Waals surface area (Å²) in [5, 5.41) is 13.1. The van der Waals surface area contributed by atoms with E-state index in [1.165, 1.54) is 24.4 Å². The number of allylic oxidation sites excluding steroid dienone is 1. The molecule has 0 fully saturated rings. The number of hydrogen-bond acceptors (Lipinski definition) is 5. The Kier molecular flexibility index (Phi) is 6.51. The van der Waals surface area contributed by atoms with Gasteiger partial charge < -0.3 is 10.1 Å². The number of amides is 1. The molecular weight excluding hydrogens is 372 g/mol. The topological polar surface area (TPSA) is 79.2 Å². The van der Waals surface area contributed by atoms with Crippen molar-refractivity contribution in [2.24, 2.45) is 5.92 Å². The molecule has 2 aromatic rings. The van der Waals surface area contributed by atoms with Gasteiger partial charge in [0.25, 0.3) is 0 Å². The van der Waals surface area contributed by atoms with E-state index in [9.17, 15) is 14.9 Å². The van der Waals surface area contributed by atoms with Gasteiger partial charge in [-0.3, -0.25) is 9.59 Å². The molecule has 1 aliphatic rings. The first-order chi connectivity index (χ1) is 13.7. The molecule has 3 rings (SSSR count). The lowest BCUT2D eigenvalue weighted by Gasteiger charge is -2.31. The number of aryl methyl sites for hydroxylation is 1. The van der Waals surface area contributed by atoms with Gasteiger partial charge in [-0.25, -0.2) is 0 Å². The molecule has 0 saturated heterocycles. The number of esters is 1. The highest BCUT2D eigenvalue weighted by atomic mass is 32.2. The Hall–Kier alpha value is -3.04. The average Bonchev–Trinajstić information content (AvgIpc) is 2.74. The van der Waals surface area contributed by atoms with Gasteiger partial charge in [-0.1, -0.05) is 60.7 Å². The van der Waals surface area contributed by atoms with E-state index in [2.05, 4.69) is 11.4 Å². The molecule has 2 atom stereocenters. The minimum atomic E-state index is -1.08. The summed E-state index contributed by atoms with van der Waals surface area (Å²) < 4.78 is 4.84. The summed E-state index contributed by atoms with van der Waals surface area (Å²) in [5.74, 6) is -2.13.